The second kappa shape index (κ2) is 7.73. The molecule has 0 spiro atoms. The van der Waals surface area contributed by atoms with Crippen molar-refractivity contribution in [2.45, 2.75) is 19.9 Å². The summed E-state index contributed by atoms with van der Waals surface area (Å²) in [5.74, 6) is -0.0260. The summed E-state index contributed by atoms with van der Waals surface area (Å²) < 4.78 is 0. The van der Waals surface area contributed by atoms with E-state index >= 15 is 0 Å². The summed E-state index contributed by atoms with van der Waals surface area (Å²) in [5.41, 5.74) is 5.38. The van der Waals surface area contributed by atoms with Crippen LogP contribution in [0.1, 0.15) is 13.8 Å². The molecule has 0 aromatic rings. The molecule has 0 bridgehead atoms. The fourth-order valence-electron chi connectivity index (χ4n) is 1.16. The van der Waals surface area contributed by atoms with Crippen molar-refractivity contribution in [1.29, 1.82) is 0 Å². The number of carbonyl (C=O) groups excluding carboxylic acids is 1. The van der Waals surface area contributed by atoms with Gasteiger partial charge in [-0.3, -0.25) is 9.69 Å². The van der Waals surface area contributed by atoms with Gasteiger partial charge in [0.05, 0.1) is 13.2 Å². The van der Waals surface area contributed by atoms with Gasteiger partial charge in [-0.15, -0.1) is 0 Å². The van der Waals surface area contributed by atoms with Crippen molar-refractivity contribution in [3.05, 3.63) is 0 Å². The number of hydrogen-bond acceptors (Lipinski definition) is 4. The summed E-state index contributed by atoms with van der Waals surface area (Å²) in [5, 5.41) is 11.5. The smallest absolute Gasteiger partial charge is 0.234 e. The predicted octanol–water partition coefficient (Wildman–Crippen LogP) is -1.24. The maximum Gasteiger partial charge on any atom is 0.234 e. The van der Waals surface area contributed by atoms with Gasteiger partial charge < -0.3 is 16.2 Å². The van der Waals surface area contributed by atoms with E-state index in [9.17, 15) is 4.79 Å². The standard InChI is InChI=1S/C9H21N3O2/c1-8(2)11-9(14)7-12(4-3-10)5-6-13/h8,13H,3-7,10H2,1-2H3,(H,11,14). The van der Waals surface area contributed by atoms with Gasteiger partial charge in [-0.2, -0.15) is 0 Å². The van der Waals surface area contributed by atoms with Gasteiger partial charge in [-0.1, -0.05) is 0 Å². The first-order valence-corrected chi connectivity index (χ1v) is 4.92. The van der Waals surface area contributed by atoms with Crippen LogP contribution in [-0.2, 0) is 4.79 Å². The van der Waals surface area contributed by atoms with Gasteiger partial charge >= 0.3 is 0 Å². The molecule has 0 aliphatic heterocycles. The molecule has 0 fully saturated rings. The Balaban J connectivity index is 3.82. The van der Waals surface area contributed by atoms with Gasteiger partial charge in [-0.25, -0.2) is 0 Å². The van der Waals surface area contributed by atoms with Crippen LogP contribution in [0.5, 0.6) is 0 Å². The van der Waals surface area contributed by atoms with E-state index in [-0.39, 0.29) is 18.6 Å². The highest BCUT2D eigenvalue weighted by Gasteiger charge is 2.09. The highest BCUT2D eigenvalue weighted by Crippen LogP contribution is 1.87. The number of carbonyl (C=O) groups is 1. The number of aliphatic hydroxyl groups is 1. The highest BCUT2D eigenvalue weighted by atomic mass is 16.3. The summed E-state index contributed by atoms with van der Waals surface area (Å²) in [4.78, 5) is 13.2. The molecule has 0 unspecified atom stereocenters. The molecule has 5 nitrogen and oxygen atoms in total. The van der Waals surface area contributed by atoms with Gasteiger partial charge in [0, 0.05) is 25.7 Å². The number of aliphatic hydroxyl groups excluding tert-OH is 1. The Kier molecular flexibility index (Phi) is 7.37. The lowest BCUT2D eigenvalue weighted by atomic mass is 10.3. The molecule has 0 atom stereocenters. The van der Waals surface area contributed by atoms with Crippen molar-refractivity contribution in [3.63, 3.8) is 0 Å². The Morgan fingerprint density at radius 1 is 1.50 bits per heavy atom. The number of amides is 1. The number of nitrogens with zero attached hydrogens (tertiary/aromatic N) is 1. The summed E-state index contributed by atoms with van der Waals surface area (Å²) in [7, 11) is 0. The summed E-state index contributed by atoms with van der Waals surface area (Å²) in [6.45, 7) is 5.79. The van der Waals surface area contributed by atoms with Crippen molar-refractivity contribution >= 4 is 5.91 Å². The van der Waals surface area contributed by atoms with E-state index in [0.717, 1.165) is 0 Å². The largest absolute Gasteiger partial charge is 0.395 e. The van der Waals surface area contributed by atoms with E-state index in [1.807, 2.05) is 18.7 Å². The van der Waals surface area contributed by atoms with Crippen LogP contribution in [0.25, 0.3) is 0 Å². The van der Waals surface area contributed by atoms with Crippen molar-refractivity contribution < 1.29 is 9.90 Å². The molecule has 0 saturated carbocycles. The molecule has 0 saturated heterocycles. The van der Waals surface area contributed by atoms with Crippen LogP contribution in [-0.4, -0.2) is 54.7 Å². The zero-order chi connectivity index (χ0) is 11.0. The molecule has 0 aliphatic rings. The Bertz CT molecular complexity index is 156. The predicted molar refractivity (Wildman–Crippen MR) is 55.9 cm³/mol. The number of hydrogen-bond donors (Lipinski definition) is 3. The third-order valence-electron chi connectivity index (χ3n) is 1.68. The third-order valence-corrected chi connectivity index (χ3v) is 1.68. The molecule has 84 valence electrons. The Morgan fingerprint density at radius 2 is 2.14 bits per heavy atom. The van der Waals surface area contributed by atoms with Crippen LogP contribution in [0, 0.1) is 0 Å². The van der Waals surface area contributed by atoms with E-state index in [2.05, 4.69) is 5.32 Å². The van der Waals surface area contributed by atoms with E-state index in [0.29, 0.717) is 26.2 Å². The molecule has 0 rings (SSSR count). The van der Waals surface area contributed by atoms with Gasteiger partial charge in [0.2, 0.25) is 5.91 Å². The fourth-order valence-corrected chi connectivity index (χ4v) is 1.16. The minimum atomic E-state index is -0.0260. The molecule has 0 aliphatic carbocycles. The number of nitrogens with two attached hydrogens (primary N) is 1. The Morgan fingerprint density at radius 3 is 2.57 bits per heavy atom. The normalized spacial score (nSPS) is 11.0. The number of nitrogens with one attached hydrogen (secondary N) is 1. The SMILES string of the molecule is CC(C)NC(=O)CN(CCN)CCO. The molecule has 1 amide bonds. The van der Waals surface area contributed by atoms with Crippen molar-refractivity contribution in [2.75, 3.05) is 32.8 Å². The van der Waals surface area contributed by atoms with Crippen molar-refractivity contribution in [1.82, 2.24) is 10.2 Å². The first kappa shape index (κ1) is 13.4. The van der Waals surface area contributed by atoms with Crippen LogP contribution in [0.2, 0.25) is 0 Å². The average Bonchev–Trinajstić information content (AvgIpc) is 2.03. The average molecular weight is 203 g/mol. The topological polar surface area (TPSA) is 78.6 Å². The maximum absolute atomic E-state index is 11.3. The van der Waals surface area contributed by atoms with E-state index in [1.165, 1.54) is 0 Å². The molecule has 0 heterocycles. The molecule has 0 aromatic heterocycles. The molecule has 0 aromatic carbocycles. The van der Waals surface area contributed by atoms with Crippen LogP contribution in [0.15, 0.2) is 0 Å². The Hall–Kier alpha value is -0.650. The summed E-state index contributed by atoms with van der Waals surface area (Å²) >= 11 is 0. The van der Waals surface area contributed by atoms with E-state index < -0.39 is 0 Å². The summed E-state index contributed by atoms with van der Waals surface area (Å²) in [6.07, 6.45) is 0. The van der Waals surface area contributed by atoms with Crippen LogP contribution >= 0.6 is 0 Å². The second-order valence-corrected chi connectivity index (χ2v) is 3.51. The monoisotopic (exact) mass is 203 g/mol. The minimum Gasteiger partial charge on any atom is -0.395 e. The molecule has 14 heavy (non-hydrogen) atoms. The lowest BCUT2D eigenvalue weighted by Crippen LogP contribution is -2.42. The van der Waals surface area contributed by atoms with Crippen molar-refractivity contribution in [2.24, 2.45) is 5.73 Å². The first-order valence-electron chi connectivity index (χ1n) is 4.92. The van der Waals surface area contributed by atoms with Crippen LogP contribution in [0.3, 0.4) is 0 Å². The van der Waals surface area contributed by atoms with Crippen LogP contribution < -0.4 is 11.1 Å². The quantitative estimate of drug-likeness (QED) is 0.484. The molecular weight excluding hydrogens is 182 g/mol. The van der Waals surface area contributed by atoms with Gasteiger partial charge in [0.25, 0.3) is 0 Å². The van der Waals surface area contributed by atoms with Crippen LogP contribution in [0.4, 0.5) is 0 Å². The fraction of sp³-hybridized carbons (Fsp3) is 0.889. The highest BCUT2D eigenvalue weighted by molar-refractivity contribution is 5.78. The van der Waals surface area contributed by atoms with E-state index in [4.69, 9.17) is 10.8 Å². The summed E-state index contributed by atoms with van der Waals surface area (Å²) in [6, 6.07) is 0.149. The second-order valence-electron chi connectivity index (χ2n) is 3.51. The third kappa shape index (κ3) is 6.82. The number of rotatable bonds is 7. The van der Waals surface area contributed by atoms with Gasteiger partial charge in [-0.05, 0) is 13.8 Å². The van der Waals surface area contributed by atoms with E-state index in [1.54, 1.807) is 0 Å². The Labute approximate surface area is 85.3 Å². The molecule has 5 heteroatoms. The first-order chi connectivity index (χ1) is 6.60. The molecule has 4 N–H and O–H groups in total. The van der Waals surface area contributed by atoms with Gasteiger partial charge in [0.15, 0.2) is 0 Å². The minimum absolute atomic E-state index is 0.0260. The lowest BCUT2D eigenvalue weighted by molar-refractivity contribution is -0.122. The molecular formula is C9H21N3O2. The lowest BCUT2D eigenvalue weighted by Gasteiger charge is -2.20. The maximum atomic E-state index is 11.3. The van der Waals surface area contributed by atoms with Gasteiger partial charge in [0.1, 0.15) is 0 Å². The van der Waals surface area contributed by atoms with Crippen molar-refractivity contribution in [3.8, 4) is 0 Å². The molecule has 0 radical (unpaired) electrons. The zero-order valence-electron chi connectivity index (χ0n) is 8.99. The zero-order valence-corrected chi connectivity index (χ0v) is 8.99.